The number of ether oxygens (including phenoxy) is 1. The zero-order valence-corrected chi connectivity index (χ0v) is 20.3. The van der Waals surface area contributed by atoms with Crippen LogP contribution in [0.5, 0.6) is 0 Å². The Hall–Kier alpha value is -3.71. The molecule has 1 heterocycles. The first-order chi connectivity index (χ1) is 16.8. The van der Waals surface area contributed by atoms with Crippen molar-refractivity contribution in [1.29, 1.82) is 5.41 Å². The second-order valence-corrected chi connectivity index (χ2v) is 9.56. The number of aromatic nitrogens is 2. The first kappa shape index (κ1) is 26.9. The summed E-state index contributed by atoms with van der Waals surface area (Å²) in [6, 6.07) is 9.97. The number of para-hydroxylation sites is 1. The van der Waals surface area contributed by atoms with Gasteiger partial charge in [-0.25, -0.2) is 13.2 Å². The Bertz CT molecular complexity index is 1450. The lowest BCUT2D eigenvalue weighted by atomic mass is 10.1. The average molecular weight is 543 g/mol. The average Bonchev–Trinajstić information content (AvgIpc) is 3.31. The van der Waals surface area contributed by atoms with Crippen molar-refractivity contribution >= 4 is 44.5 Å². The maximum Gasteiger partial charge on any atom is 0.418 e. The molecule has 190 valence electrons. The smallest absolute Gasteiger partial charge is 0.418 e. The van der Waals surface area contributed by atoms with E-state index >= 15 is 0 Å². The molecular weight excluding hydrogens is 525 g/mol. The van der Waals surface area contributed by atoms with Crippen LogP contribution in [0.15, 0.2) is 62.9 Å². The van der Waals surface area contributed by atoms with Gasteiger partial charge in [0.05, 0.1) is 22.8 Å². The lowest BCUT2D eigenvalue weighted by Crippen LogP contribution is -2.19. The maximum absolute atomic E-state index is 13.5. The molecule has 14 heteroatoms. The number of hydrogen-bond acceptors (Lipinski definition) is 9. The molecule has 1 aromatic heterocycles. The molecule has 0 unspecified atom stereocenters. The van der Waals surface area contributed by atoms with Crippen molar-refractivity contribution in [3.8, 4) is 11.5 Å². The third-order valence-corrected chi connectivity index (χ3v) is 6.05. The van der Waals surface area contributed by atoms with Crippen molar-refractivity contribution in [3.63, 3.8) is 0 Å². The van der Waals surface area contributed by atoms with E-state index in [2.05, 4.69) is 15.5 Å². The number of esters is 1. The number of anilines is 1. The highest BCUT2D eigenvalue weighted by Gasteiger charge is 2.34. The molecule has 2 N–H and O–H groups in total. The van der Waals surface area contributed by atoms with Gasteiger partial charge in [-0.2, -0.15) is 13.2 Å². The molecule has 0 aliphatic heterocycles. The quantitative estimate of drug-likeness (QED) is 0.307. The van der Waals surface area contributed by atoms with Crippen molar-refractivity contribution in [2.24, 2.45) is 0 Å². The van der Waals surface area contributed by atoms with E-state index < -0.39 is 55.6 Å². The topological polar surface area (TPSA) is 135 Å². The van der Waals surface area contributed by atoms with Crippen LogP contribution >= 0.6 is 11.6 Å². The minimum atomic E-state index is -4.75. The fourth-order valence-electron chi connectivity index (χ4n) is 2.89. The molecule has 0 fully saturated rings. The van der Waals surface area contributed by atoms with E-state index in [1.165, 1.54) is 43.3 Å². The van der Waals surface area contributed by atoms with E-state index in [0.717, 1.165) is 18.4 Å². The van der Waals surface area contributed by atoms with Crippen LogP contribution in [0, 0.1) is 5.41 Å². The van der Waals surface area contributed by atoms with Crippen LogP contribution in [-0.2, 0) is 25.5 Å². The van der Waals surface area contributed by atoms with Crippen molar-refractivity contribution in [2.45, 2.75) is 18.0 Å². The van der Waals surface area contributed by atoms with Gasteiger partial charge < -0.3 is 14.5 Å². The molecule has 36 heavy (non-hydrogen) atoms. The van der Waals surface area contributed by atoms with Gasteiger partial charge in [0.1, 0.15) is 10.7 Å². The number of sulfone groups is 1. The summed E-state index contributed by atoms with van der Waals surface area (Å²) in [6.07, 6.45) is -3.74. The van der Waals surface area contributed by atoms with Gasteiger partial charge in [0, 0.05) is 11.8 Å². The zero-order valence-electron chi connectivity index (χ0n) is 18.7. The number of halogens is 4. The Balaban J connectivity index is 2.13. The molecule has 2 aromatic carbocycles. The predicted octanol–water partition coefficient (Wildman–Crippen LogP) is 4.76. The van der Waals surface area contributed by atoms with Crippen LogP contribution in [0.3, 0.4) is 0 Å². The number of carbonyl (C=O) groups excluding carboxylic acids is 1. The molecule has 3 rings (SSSR count). The first-order valence-corrected chi connectivity index (χ1v) is 12.3. The molecule has 0 spiro atoms. The Kier molecular flexibility index (Phi) is 7.84. The van der Waals surface area contributed by atoms with Crippen LogP contribution < -0.4 is 5.32 Å². The van der Waals surface area contributed by atoms with Gasteiger partial charge in [-0.05, 0) is 37.3 Å². The summed E-state index contributed by atoms with van der Waals surface area (Å²) in [4.78, 5) is 12.0. The summed E-state index contributed by atoms with van der Waals surface area (Å²) in [5, 5.41) is 17.4. The standard InChI is InChI=1S/C22H18ClF3N4O5S/c1-3-34-21(31)17(27)16(23)18(28-15-10-5-4-9-14(15)22(24,25)26)20-30-29-19(35-20)12-7-6-8-13(11-12)36(2,32)33/h4-11,27-28H,3H2,1-2H3/b18-16+,27-17?. The van der Waals surface area contributed by atoms with Crippen LogP contribution in [-0.4, -0.2) is 43.2 Å². The summed E-state index contributed by atoms with van der Waals surface area (Å²) in [5.41, 5.74) is -2.67. The number of alkyl halides is 3. The minimum Gasteiger partial charge on any atom is -0.461 e. The Morgan fingerprint density at radius 3 is 2.50 bits per heavy atom. The van der Waals surface area contributed by atoms with Crippen molar-refractivity contribution in [1.82, 2.24) is 10.2 Å². The summed E-state index contributed by atoms with van der Waals surface area (Å²) >= 11 is 6.22. The van der Waals surface area contributed by atoms with Gasteiger partial charge in [-0.15, -0.1) is 10.2 Å². The van der Waals surface area contributed by atoms with Crippen molar-refractivity contribution in [3.05, 3.63) is 65.0 Å². The number of nitrogens with zero attached hydrogens (tertiary/aromatic N) is 2. The Morgan fingerprint density at radius 2 is 1.86 bits per heavy atom. The Labute approximate surface area is 208 Å². The molecule has 0 saturated heterocycles. The number of rotatable bonds is 8. The largest absolute Gasteiger partial charge is 0.461 e. The van der Waals surface area contributed by atoms with E-state index in [1.54, 1.807) is 0 Å². The van der Waals surface area contributed by atoms with Crippen molar-refractivity contribution < 1.29 is 35.5 Å². The highest BCUT2D eigenvalue weighted by Crippen LogP contribution is 2.37. The second-order valence-electron chi connectivity index (χ2n) is 7.17. The molecular formula is C22H18ClF3N4O5S. The maximum atomic E-state index is 13.5. The molecule has 9 nitrogen and oxygen atoms in total. The van der Waals surface area contributed by atoms with Gasteiger partial charge in [0.15, 0.2) is 15.5 Å². The monoisotopic (exact) mass is 542 g/mol. The van der Waals surface area contributed by atoms with E-state index in [-0.39, 0.29) is 23.0 Å². The predicted molar refractivity (Wildman–Crippen MR) is 125 cm³/mol. The SMILES string of the molecule is CCOC(=O)C(=N)/C(Cl)=C(\Nc1ccccc1C(F)(F)F)c1nnc(-c2cccc(S(C)(=O)=O)c2)o1. The molecule has 3 aromatic rings. The van der Waals surface area contributed by atoms with Gasteiger partial charge in [-0.1, -0.05) is 29.8 Å². The summed E-state index contributed by atoms with van der Waals surface area (Å²) in [5.74, 6) is -1.79. The van der Waals surface area contributed by atoms with Gasteiger partial charge >= 0.3 is 12.1 Å². The van der Waals surface area contributed by atoms with Crippen LogP contribution in [0.2, 0.25) is 0 Å². The molecule has 0 bridgehead atoms. The number of nitrogens with one attached hydrogen (secondary N) is 2. The van der Waals surface area contributed by atoms with Crippen molar-refractivity contribution in [2.75, 3.05) is 18.2 Å². The summed E-state index contributed by atoms with van der Waals surface area (Å²) < 4.78 is 74.7. The van der Waals surface area contributed by atoms with E-state index in [1.807, 2.05) is 0 Å². The highest BCUT2D eigenvalue weighted by molar-refractivity contribution is 7.90. The lowest BCUT2D eigenvalue weighted by molar-refractivity contribution is -0.137. The third-order valence-electron chi connectivity index (χ3n) is 4.56. The van der Waals surface area contributed by atoms with Gasteiger partial charge in [0.25, 0.3) is 5.89 Å². The molecule has 0 radical (unpaired) electrons. The summed E-state index contributed by atoms with van der Waals surface area (Å²) in [7, 11) is -3.56. The third kappa shape index (κ3) is 6.10. The lowest BCUT2D eigenvalue weighted by Gasteiger charge is -2.16. The second kappa shape index (κ2) is 10.5. The minimum absolute atomic E-state index is 0.0325. The Morgan fingerprint density at radius 1 is 1.17 bits per heavy atom. The first-order valence-electron chi connectivity index (χ1n) is 10.1. The van der Waals surface area contributed by atoms with Crippen LogP contribution in [0.1, 0.15) is 18.4 Å². The molecule has 0 atom stereocenters. The number of hydrogen-bond donors (Lipinski definition) is 2. The molecule has 0 aliphatic carbocycles. The van der Waals surface area contributed by atoms with Crippen LogP contribution in [0.25, 0.3) is 17.2 Å². The summed E-state index contributed by atoms with van der Waals surface area (Å²) in [6.45, 7) is 1.42. The fourth-order valence-corrected chi connectivity index (χ4v) is 3.77. The number of benzene rings is 2. The van der Waals surface area contributed by atoms with E-state index in [9.17, 15) is 26.4 Å². The van der Waals surface area contributed by atoms with Crippen LogP contribution in [0.4, 0.5) is 18.9 Å². The zero-order chi connectivity index (χ0) is 26.7. The van der Waals surface area contributed by atoms with Gasteiger partial charge in [0.2, 0.25) is 5.89 Å². The molecule has 0 amide bonds. The number of carbonyl (C=O) groups is 1. The molecule has 0 saturated carbocycles. The van der Waals surface area contributed by atoms with Gasteiger partial charge in [-0.3, -0.25) is 5.41 Å². The normalized spacial score (nSPS) is 12.6. The highest BCUT2D eigenvalue weighted by atomic mass is 35.5. The fraction of sp³-hybridized carbons (Fsp3) is 0.182. The van der Waals surface area contributed by atoms with E-state index in [0.29, 0.717) is 0 Å². The van der Waals surface area contributed by atoms with E-state index in [4.69, 9.17) is 26.2 Å². The molecule has 0 aliphatic rings.